The number of rotatable bonds is 6. The Bertz CT molecular complexity index is 781. The van der Waals surface area contributed by atoms with E-state index in [-0.39, 0.29) is 17.6 Å². The van der Waals surface area contributed by atoms with Crippen LogP contribution in [-0.2, 0) is 11.2 Å². The molecule has 2 aromatic carbocycles. The van der Waals surface area contributed by atoms with E-state index in [0.717, 1.165) is 5.56 Å². The third-order valence-corrected chi connectivity index (χ3v) is 3.69. The maximum atomic E-state index is 11.9. The van der Waals surface area contributed by atoms with Crippen molar-refractivity contribution in [2.75, 3.05) is 0 Å². The normalized spacial score (nSPS) is 10.4. The van der Waals surface area contributed by atoms with Gasteiger partial charge in [-0.3, -0.25) is 10.0 Å². The number of aryl methyl sites for hydroxylation is 1. The second-order valence-electron chi connectivity index (χ2n) is 6.15. The number of hydroxylamine groups is 1. The van der Waals surface area contributed by atoms with Gasteiger partial charge in [0.05, 0.1) is 0 Å². The first-order valence-corrected chi connectivity index (χ1v) is 8.82. The Morgan fingerprint density at radius 1 is 1.15 bits per heavy atom. The molecule has 0 bridgehead atoms. The van der Waals surface area contributed by atoms with Crippen LogP contribution in [0.5, 0.6) is 11.5 Å². The lowest BCUT2D eigenvalue weighted by atomic mass is 10.1. The highest BCUT2D eigenvalue weighted by Crippen LogP contribution is 2.24. The number of urea groups is 1. The fourth-order valence-electron chi connectivity index (χ4n) is 2.21. The van der Waals surface area contributed by atoms with Crippen LogP contribution in [0.1, 0.15) is 25.8 Å². The molecule has 2 rings (SSSR count). The van der Waals surface area contributed by atoms with E-state index in [9.17, 15) is 14.8 Å². The summed E-state index contributed by atoms with van der Waals surface area (Å²) in [5.41, 5.74) is 2.91. The number of amides is 3. The lowest BCUT2D eigenvalue weighted by Gasteiger charge is -2.17. The quantitative estimate of drug-likeness (QED) is 0.514. The summed E-state index contributed by atoms with van der Waals surface area (Å²) in [4.78, 5) is 23.4. The van der Waals surface area contributed by atoms with Crippen LogP contribution in [0.4, 0.5) is 4.79 Å². The number of carbonyl (C=O) groups is 2. The van der Waals surface area contributed by atoms with Gasteiger partial charge in [-0.25, -0.2) is 10.2 Å². The summed E-state index contributed by atoms with van der Waals surface area (Å²) < 4.78 is 5.75. The first kappa shape index (κ1) is 20.5. The van der Waals surface area contributed by atoms with Crippen molar-refractivity contribution in [1.29, 1.82) is 0 Å². The average Bonchev–Trinajstić information content (AvgIpc) is 2.61. The van der Waals surface area contributed by atoms with Crippen LogP contribution in [0, 0.1) is 0 Å². The molecule has 144 valence electrons. The molecule has 2 aromatic rings. The molecular formula is C19H22ClN3O4. The number of ether oxygens (including phenoxy) is 1. The number of carbonyl (C=O) groups excluding carboxylic acids is 2. The van der Waals surface area contributed by atoms with Crippen molar-refractivity contribution in [3.8, 4) is 11.5 Å². The van der Waals surface area contributed by atoms with Crippen molar-refractivity contribution in [3.05, 3.63) is 59.1 Å². The summed E-state index contributed by atoms with van der Waals surface area (Å²) in [6.45, 7) is 3.53. The summed E-state index contributed by atoms with van der Waals surface area (Å²) in [6, 6.07) is 13.5. The van der Waals surface area contributed by atoms with Crippen molar-refractivity contribution in [1.82, 2.24) is 15.9 Å². The molecule has 0 saturated carbocycles. The topological polar surface area (TPSA) is 90.9 Å². The Hall–Kier alpha value is -2.77. The Labute approximate surface area is 162 Å². The zero-order valence-electron chi connectivity index (χ0n) is 15.1. The summed E-state index contributed by atoms with van der Waals surface area (Å²) in [5, 5.41) is 13.0. The molecule has 0 radical (unpaired) electrons. The van der Waals surface area contributed by atoms with E-state index in [1.807, 2.05) is 23.6 Å². The average molecular weight is 392 g/mol. The number of hydrogen-bond acceptors (Lipinski definition) is 4. The van der Waals surface area contributed by atoms with Crippen LogP contribution < -0.4 is 15.5 Å². The van der Waals surface area contributed by atoms with Gasteiger partial charge in [-0.2, -0.15) is 0 Å². The van der Waals surface area contributed by atoms with Crippen LogP contribution in [0.15, 0.2) is 48.5 Å². The number of hydrazine groups is 1. The van der Waals surface area contributed by atoms with Gasteiger partial charge in [-0.1, -0.05) is 23.7 Å². The minimum atomic E-state index is -0.654. The van der Waals surface area contributed by atoms with Gasteiger partial charge >= 0.3 is 6.03 Å². The molecule has 0 unspecified atom stereocenters. The van der Waals surface area contributed by atoms with Crippen molar-refractivity contribution in [2.24, 2.45) is 0 Å². The van der Waals surface area contributed by atoms with Gasteiger partial charge < -0.3 is 10.1 Å². The Kier molecular flexibility index (Phi) is 7.45. The largest absolute Gasteiger partial charge is 0.457 e. The molecule has 3 N–H and O–H groups in total. The number of nitrogens with zero attached hydrogens (tertiary/aromatic N) is 1. The molecule has 0 fully saturated rings. The number of hydrogen-bond donors (Lipinski definition) is 3. The lowest BCUT2D eigenvalue weighted by molar-refractivity contribution is -0.175. The van der Waals surface area contributed by atoms with Crippen LogP contribution in [0.25, 0.3) is 0 Å². The molecule has 7 nitrogen and oxygen atoms in total. The fourth-order valence-corrected chi connectivity index (χ4v) is 2.34. The zero-order chi connectivity index (χ0) is 19.8. The van der Waals surface area contributed by atoms with E-state index in [0.29, 0.717) is 22.9 Å². The molecule has 0 atom stereocenters. The Morgan fingerprint density at radius 3 is 2.52 bits per heavy atom. The molecule has 0 aliphatic rings. The second kappa shape index (κ2) is 9.80. The summed E-state index contributed by atoms with van der Waals surface area (Å²) in [6.07, 6.45) is 0.393. The molecule has 0 spiro atoms. The maximum absolute atomic E-state index is 11.9. The van der Waals surface area contributed by atoms with E-state index in [2.05, 4.69) is 5.32 Å². The van der Waals surface area contributed by atoms with E-state index in [1.54, 1.807) is 44.2 Å². The SMILES string of the molecule is CC(C)NC(=O)NN(O)C(=O)CCc1cccc(Oc2ccc(Cl)cc2)c1. The third kappa shape index (κ3) is 7.16. The zero-order valence-corrected chi connectivity index (χ0v) is 15.9. The molecule has 0 aromatic heterocycles. The van der Waals surface area contributed by atoms with Gasteiger partial charge in [0.2, 0.25) is 0 Å². The Balaban J connectivity index is 1.87. The van der Waals surface area contributed by atoms with Gasteiger partial charge in [0.1, 0.15) is 11.5 Å². The number of halogens is 1. The first-order valence-electron chi connectivity index (χ1n) is 8.45. The van der Waals surface area contributed by atoms with Gasteiger partial charge in [0, 0.05) is 17.5 Å². The molecular weight excluding hydrogens is 370 g/mol. The minimum Gasteiger partial charge on any atom is -0.457 e. The standard InChI is InChI=1S/C19H22ClN3O4/c1-13(2)21-19(25)22-23(26)18(24)11-6-14-4-3-5-17(12-14)27-16-9-7-15(20)8-10-16/h3-5,7-10,12-13,26H,6,11H2,1-2H3,(H2,21,22,25). The highest BCUT2D eigenvalue weighted by Gasteiger charge is 2.14. The van der Waals surface area contributed by atoms with Crippen LogP contribution in [-0.4, -0.2) is 28.4 Å². The van der Waals surface area contributed by atoms with Crippen molar-refractivity contribution >= 4 is 23.5 Å². The summed E-state index contributed by atoms with van der Waals surface area (Å²) in [5.74, 6) is 0.644. The lowest BCUT2D eigenvalue weighted by Crippen LogP contribution is -2.50. The molecule has 27 heavy (non-hydrogen) atoms. The second-order valence-corrected chi connectivity index (χ2v) is 6.59. The molecule has 3 amide bonds. The molecule has 0 aliphatic heterocycles. The number of benzene rings is 2. The van der Waals surface area contributed by atoms with Gasteiger partial charge in [-0.05, 0) is 62.2 Å². The molecule has 0 saturated heterocycles. The fraction of sp³-hybridized carbons (Fsp3) is 0.263. The van der Waals surface area contributed by atoms with E-state index >= 15 is 0 Å². The molecule has 8 heteroatoms. The van der Waals surface area contributed by atoms with E-state index < -0.39 is 11.9 Å². The predicted octanol–water partition coefficient (Wildman–Crippen LogP) is 3.91. The molecule has 0 heterocycles. The van der Waals surface area contributed by atoms with Crippen LogP contribution in [0.3, 0.4) is 0 Å². The van der Waals surface area contributed by atoms with Crippen LogP contribution in [0.2, 0.25) is 5.02 Å². The summed E-state index contributed by atoms with van der Waals surface area (Å²) in [7, 11) is 0. The van der Waals surface area contributed by atoms with Gasteiger partial charge in [0.25, 0.3) is 5.91 Å². The van der Waals surface area contributed by atoms with Crippen molar-refractivity contribution in [3.63, 3.8) is 0 Å². The maximum Gasteiger partial charge on any atom is 0.335 e. The van der Waals surface area contributed by atoms with Crippen LogP contribution >= 0.6 is 11.6 Å². The molecule has 0 aliphatic carbocycles. The Morgan fingerprint density at radius 2 is 1.85 bits per heavy atom. The highest BCUT2D eigenvalue weighted by molar-refractivity contribution is 6.30. The van der Waals surface area contributed by atoms with E-state index in [1.165, 1.54) is 0 Å². The van der Waals surface area contributed by atoms with Crippen molar-refractivity contribution in [2.45, 2.75) is 32.7 Å². The highest BCUT2D eigenvalue weighted by atomic mass is 35.5. The smallest absolute Gasteiger partial charge is 0.335 e. The van der Waals surface area contributed by atoms with Crippen molar-refractivity contribution < 1.29 is 19.5 Å². The predicted molar refractivity (Wildman–Crippen MR) is 102 cm³/mol. The minimum absolute atomic E-state index is 0.0167. The first-order chi connectivity index (χ1) is 12.8. The van der Waals surface area contributed by atoms with Gasteiger partial charge in [-0.15, -0.1) is 5.17 Å². The summed E-state index contributed by atoms with van der Waals surface area (Å²) >= 11 is 5.85. The monoisotopic (exact) mass is 391 g/mol. The van der Waals surface area contributed by atoms with E-state index in [4.69, 9.17) is 16.3 Å². The third-order valence-electron chi connectivity index (χ3n) is 3.44. The number of nitrogens with one attached hydrogen (secondary N) is 2. The van der Waals surface area contributed by atoms with Gasteiger partial charge in [0.15, 0.2) is 0 Å².